The Balaban J connectivity index is 1.67. The molecule has 130 valence electrons. The molecule has 2 fully saturated rings. The summed E-state index contributed by atoms with van der Waals surface area (Å²) in [5.41, 5.74) is 0.868. The van der Waals surface area contributed by atoms with E-state index >= 15 is 0 Å². The Morgan fingerprint density at radius 3 is 2.71 bits per heavy atom. The number of hydrogen-bond donors (Lipinski definition) is 3. The van der Waals surface area contributed by atoms with Gasteiger partial charge in [0.05, 0.1) is 4.92 Å². The second kappa shape index (κ2) is 6.76. The summed E-state index contributed by atoms with van der Waals surface area (Å²) in [5, 5.41) is 20.7. The molecule has 7 heteroatoms. The third kappa shape index (κ3) is 4.03. The maximum atomic E-state index is 12.4. The van der Waals surface area contributed by atoms with Crippen molar-refractivity contribution in [1.29, 1.82) is 0 Å². The van der Waals surface area contributed by atoms with Crippen LogP contribution in [0.1, 0.15) is 43.0 Å². The van der Waals surface area contributed by atoms with Gasteiger partial charge in [0, 0.05) is 24.2 Å². The fourth-order valence-corrected chi connectivity index (χ4v) is 3.00. The number of anilines is 1. The molecule has 2 aliphatic rings. The fourth-order valence-electron chi connectivity index (χ4n) is 3.00. The van der Waals surface area contributed by atoms with Crippen LogP contribution < -0.4 is 16.0 Å². The molecule has 1 aliphatic heterocycles. The number of rotatable bonds is 6. The molecule has 7 nitrogen and oxygen atoms in total. The first kappa shape index (κ1) is 16.7. The van der Waals surface area contributed by atoms with Crippen molar-refractivity contribution in [3.05, 3.63) is 33.9 Å². The zero-order chi connectivity index (χ0) is 17.2. The van der Waals surface area contributed by atoms with Gasteiger partial charge in [-0.1, -0.05) is 6.92 Å². The Hall–Kier alpha value is -2.15. The normalized spacial score (nSPS) is 19.5. The van der Waals surface area contributed by atoms with Crippen LogP contribution in [-0.4, -0.2) is 36.5 Å². The van der Waals surface area contributed by atoms with Gasteiger partial charge in [-0.15, -0.1) is 0 Å². The van der Waals surface area contributed by atoms with E-state index in [1.54, 1.807) is 12.1 Å². The number of nitro groups is 1. The van der Waals surface area contributed by atoms with Crippen molar-refractivity contribution >= 4 is 17.3 Å². The molecule has 3 N–H and O–H groups in total. The van der Waals surface area contributed by atoms with Crippen molar-refractivity contribution in [2.24, 2.45) is 5.41 Å². The molecule has 0 bridgehead atoms. The monoisotopic (exact) mass is 332 g/mol. The summed E-state index contributed by atoms with van der Waals surface area (Å²) < 4.78 is 0. The van der Waals surface area contributed by atoms with Gasteiger partial charge in [-0.05, 0) is 56.3 Å². The zero-order valence-electron chi connectivity index (χ0n) is 13.9. The third-order valence-electron chi connectivity index (χ3n) is 4.88. The van der Waals surface area contributed by atoms with E-state index in [1.807, 2.05) is 0 Å². The first-order chi connectivity index (χ1) is 11.5. The van der Waals surface area contributed by atoms with Crippen LogP contribution in [0, 0.1) is 15.5 Å². The molecule has 3 rings (SSSR count). The van der Waals surface area contributed by atoms with E-state index in [1.165, 1.54) is 6.07 Å². The molecule has 1 aliphatic carbocycles. The number of nitrogens with one attached hydrogen (secondary N) is 3. The van der Waals surface area contributed by atoms with Crippen molar-refractivity contribution in [3.63, 3.8) is 0 Å². The van der Waals surface area contributed by atoms with Gasteiger partial charge in [-0.2, -0.15) is 0 Å². The number of nitro benzene ring substituents is 1. The number of carbonyl (C=O) groups excluding carboxylic acids is 1. The highest BCUT2D eigenvalue weighted by molar-refractivity contribution is 5.95. The highest BCUT2D eigenvalue weighted by Gasteiger charge is 2.28. The van der Waals surface area contributed by atoms with E-state index in [9.17, 15) is 14.9 Å². The minimum atomic E-state index is -0.435. The van der Waals surface area contributed by atoms with Gasteiger partial charge in [0.2, 0.25) is 0 Å². The summed E-state index contributed by atoms with van der Waals surface area (Å²) in [6, 6.07) is 4.98. The van der Waals surface area contributed by atoms with Gasteiger partial charge in [-0.25, -0.2) is 0 Å². The lowest BCUT2D eigenvalue weighted by Gasteiger charge is -2.34. The van der Waals surface area contributed by atoms with Gasteiger partial charge in [0.1, 0.15) is 5.69 Å². The Morgan fingerprint density at radius 1 is 1.38 bits per heavy atom. The van der Waals surface area contributed by atoms with Crippen LogP contribution in [0.4, 0.5) is 11.4 Å². The van der Waals surface area contributed by atoms with Crippen LogP contribution in [0.2, 0.25) is 0 Å². The first-order valence-electron chi connectivity index (χ1n) is 8.51. The molecule has 24 heavy (non-hydrogen) atoms. The van der Waals surface area contributed by atoms with E-state index in [4.69, 9.17) is 0 Å². The Bertz CT molecular complexity index is 637. The van der Waals surface area contributed by atoms with Crippen LogP contribution in [-0.2, 0) is 0 Å². The Morgan fingerprint density at radius 2 is 2.08 bits per heavy atom. The van der Waals surface area contributed by atoms with Crippen LogP contribution in [0.15, 0.2) is 18.2 Å². The standard InChI is InChI=1S/C17H24N4O3/c1-17(6-8-18-9-7-17)11-19-16(22)12-2-5-14(20-13-3-4-13)15(10-12)21(23)24/h2,5,10,13,18,20H,3-4,6-9,11H2,1H3,(H,19,22). The molecule has 1 aromatic rings. The van der Waals surface area contributed by atoms with Crippen LogP contribution in [0.3, 0.4) is 0 Å². The summed E-state index contributed by atoms with van der Waals surface area (Å²) in [4.78, 5) is 23.2. The first-order valence-corrected chi connectivity index (χ1v) is 8.51. The topological polar surface area (TPSA) is 96.3 Å². The molecule has 1 saturated carbocycles. The molecule has 1 amide bonds. The van der Waals surface area contributed by atoms with Gasteiger partial charge >= 0.3 is 0 Å². The van der Waals surface area contributed by atoms with E-state index in [-0.39, 0.29) is 17.0 Å². The largest absolute Gasteiger partial charge is 0.377 e. The van der Waals surface area contributed by atoms with Crippen molar-refractivity contribution in [2.45, 2.75) is 38.6 Å². The molecule has 1 heterocycles. The highest BCUT2D eigenvalue weighted by Crippen LogP contribution is 2.32. The predicted molar refractivity (Wildman–Crippen MR) is 92.3 cm³/mol. The Kier molecular flexibility index (Phi) is 4.71. The minimum Gasteiger partial charge on any atom is -0.377 e. The SMILES string of the molecule is CC1(CNC(=O)c2ccc(NC3CC3)c([N+](=O)[O-])c2)CCNCC1. The number of benzene rings is 1. The summed E-state index contributed by atoms with van der Waals surface area (Å²) in [5.74, 6) is -0.254. The smallest absolute Gasteiger partial charge is 0.293 e. The molecule has 1 aromatic carbocycles. The van der Waals surface area contributed by atoms with Gasteiger partial charge < -0.3 is 16.0 Å². The van der Waals surface area contributed by atoms with Crippen molar-refractivity contribution in [1.82, 2.24) is 10.6 Å². The zero-order valence-corrected chi connectivity index (χ0v) is 13.9. The minimum absolute atomic E-state index is 0.0392. The number of nitrogens with zero attached hydrogens (tertiary/aromatic N) is 1. The lowest BCUT2D eigenvalue weighted by Crippen LogP contribution is -2.42. The lowest BCUT2D eigenvalue weighted by molar-refractivity contribution is -0.384. The summed E-state index contributed by atoms with van der Waals surface area (Å²) >= 11 is 0. The second-order valence-electron chi connectivity index (χ2n) is 7.15. The molecule has 0 aromatic heterocycles. The molecule has 1 saturated heterocycles. The molecule has 0 spiro atoms. The molecule has 0 unspecified atom stereocenters. The number of hydrogen-bond acceptors (Lipinski definition) is 5. The molecular weight excluding hydrogens is 308 g/mol. The number of amides is 1. The van der Waals surface area contributed by atoms with Crippen molar-refractivity contribution in [2.75, 3.05) is 25.0 Å². The quantitative estimate of drug-likeness (QED) is 0.549. The van der Waals surface area contributed by atoms with Crippen LogP contribution in [0.5, 0.6) is 0 Å². The van der Waals surface area contributed by atoms with E-state index in [0.29, 0.717) is 23.8 Å². The maximum Gasteiger partial charge on any atom is 0.293 e. The summed E-state index contributed by atoms with van der Waals surface area (Å²) in [6.45, 7) is 4.67. The average molecular weight is 332 g/mol. The van der Waals surface area contributed by atoms with Crippen LogP contribution in [0.25, 0.3) is 0 Å². The van der Waals surface area contributed by atoms with Gasteiger partial charge in [0.15, 0.2) is 0 Å². The molecule has 0 radical (unpaired) electrons. The van der Waals surface area contributed by atoms with Crippen LogP contribution >= 0.6 is 0 Å². The maximum absolute atomic E-state index is 12.4. The van der Waals surface area contributed by atoms with E-state index in [2.05, 4.69) is 22.9 Å². The number of carbonyl (C=O) groups is 1. The van der Waals surface area contributed by atoms with Gasteiger partial charge in [0.25, 0.3) is 11.6 Å². The van der Waals surface area contributed by atoms with Crippen molar-refractivity contribution in [3.8, 4) is 0 Å². The average Bonchev–Trinajstić information content (AvgIpc) is 3.37. The fraction of sp³-hybridized carbons (Fsp3) is 0.588. The van der Waals surface area contributed by atoms with Crippen molar-refractivity contribution < 1.29 is 9.72 Å². The molecular formula is C17H24N4O3. The Labute approximate surface area is 141 Å². The van der Waals surface area contributed by atoms with Gasteiger partial charge in [-0.3, -0.25) is 14.9 Å². The third-order valence-corrected chi connectivity index (χ3v) is 4.88. The number of piperidine rings is 1. The van der Waals surface area contributed by atoms with E-state index in [0.717, 1.165) is 38.8 Å². The lowest BCUT2D eigenvalue weighted by atomic mass is 9.81. The second-order valence-corrected chi connectivity index (χ2v) is 7.15. The summed E-state index contributed by atoms with van der Waals surface area (Å²) in [6.07, 6.45) is 4.09. The summed E-state index contributed by atoms with van der Waals surface area (Å²) in [7, 11) is 0. The molecule has 0 atom stereocenters. The predicted octanol–water partition coefficient (Wildman–Crippen LogP) is 2.29. The van der Waals surface area contributed by atoms with E-state index < -0.39 is 4.92 Å². The highest BCUT2D eigenvalue weighted by atomic mass is 16.6.